The van der Waals surface area contributed by atoms with Crippen LogP contribution in [-0.4, -0.2) is 27.7 Å². The van der Waals surface area contributed by atoms with Gasteiger partial charge < -0.3 is 5.11 Å². The monoisotopic (exact) mass is 317 g/mol. The van der Waals surface area contributed by atoms with E-state index >= 15 is 0 Å². The Morgan fingerprint density at radius 2 is 1.82 bits per heavy atom. The molecule has 1 aliphatic heterocycles. The van der Waals surface area contributed by atoms with E-state index in [-0.39, 0.29) is 16.9 Å². The standard InChI is InChI=1S/C17H19NO3S/c19-14-8-6-12(7-9-14)10-15-16(20)18(17(21)22-15)11-13-4-2-1-3-5-13/h6-10,13,19H,1-5,11H2. The van der Waals surface area contributed by atoms with Crippen LogP contribution in [0.15, 0.2) is 29.2 Å². The van der Waals surface area contributed by atoms with Crippen molar-refractivity contribution >= 4 is 29.0 Å². The van der Waals surface area contributed by atoms with Gasteiger partial charge in [-0.05, 0) is 54.3 Å². The molecule has 4 nitrogen and oxygen atoms in total. The highest BCUT2D eigenvalue weighted by atomic mass is 32.2. The van der Waals surface area contributed by atoms with Crippen LogP contribution >= 0.6 is 11.8 Å². The van der Waals surface area contributed by atoms with Crippen molar-refractivity contribution in [1.82, 2.24) is 4.90 Å². The number of carbonyl (C=O) groups is 2. The number of hydrogen-bond acceptors (Lipinski definition) is 4. The van der Waals surface area contributed by atoms with Crippen LogP contribution in [0.4, 0.5) is 4.79 Å². The third-order valence-corrected chi connectivity index (χ3v) is 5.14. The molecule has 116 valence electrons. The first-order valence-corrected chi connectivity index (χ1v) is 8.49. The van der Waals surface area contributed by atoms with Gasteiger partial charge in [-0.25, -0.2) is 0 Å². The van der Waals surface area contributed by atoms with Gasteiger partial charge in [-0.3, -0.25) is 14.5 Å². The van der Waals surface area contributed by atoms with E-state index in [0.29, 0.717) is 17.4 Å². The number of aromatic hydroxyl groups is 1. The average molecular weight is 317 g/mol. The van der Waals surface area contributed by atoms with Crippen LogP contribution < -0.4 is 0 Å². The van der Waals surface area contributed by atoms with Crippen molar-refractivity contribution in [2.24, 2.45) is 5.92 Å². The summed E-state index contributed by atoms with van der Waals surface area (Å²) >= 11 is 1.01. The highest BCUT2D eigenvalue weighted by Crippen LogP contribution is 2.34. The Morgan fingerprint density at radius 3 is 2.50 bits per heavy atom. The smallest absolute Gasteiger partial charge is 0.293 e. The van der Waals surface area contributed by atoms with Crippen molar-refractivity contribution in [3.8, 4) is 5.75 Å². The lowest BCUT2D eigenvalue weighted by atomic mass is 9.89. The summed E-state index contributed by atoms with van der Waals surface area (Å²) < 4.78 is 0. The predicted octanol–water partition coefficient (Wildman–Crippen LogP) is 4.01. The number of benzene rings is 1. The Hall–Kier alpha value is -1.75. The zero-order chi connectivity index (χ0) is 15.5. The van der Waals surface area contributed by atoms with E-state index in [0.717, 1.165) is 30.2 Å². The third-order valence-electron chi connectivity index (χ3n) is 4.23. The van der Waals surface area contributed by atoms with Crippen LogP contribution in [0.3, 0.4) is 0 Å². The molecule has 1 aromatic rings. The minimum Gasteiger partial charge on any atom is -0.508 e. The molecule has 5 heteroatoms. The minimum absolute atomic E-state index is 0.166. The molecule has 2 aliphatic rings. The topological polar surface area (TPSA) is 57.6 Å². The SMILES string of the molecule is O=C1SC(=Cc2ccc(O)cc2)C(=O)N1CC1CCCCC1. The second-order valence-electron chi connectivity index (χ2n) is 5.89. The van der Waals surface area contributed by atoms with Gasteiger partial charge in [0.15, 0.2) is 0 Å². The summed E-state index contributed by atoms with van der Waals surface area (Å²) in [4.78, 5) is 26.4. The maximum absolute atomic E-state index is 12.4. The summed E-state index contributed by atoms with van der Waals surface area (Å²) in [5, 5.41) is 9.11. The second kappa shape index (κ2) is 6.57. The molecule has 0 bridgehead atoms. The van der Waals surface area contributed by atoms with Crippen LogP contribution in [0.1, 0.15) is 37.7 Å². The minimum atomic E-state index is -0.186. The number of nitrogens with zero attached hydrogens (tertiary/aromatic N) is 1. The molecule has 1 saturated heterocycles. The molecule has 1 saturated carbocycles. The molecule has 3 rings (SSSR count). The van der Waals surface area contributed by atoms with E-state index in [4.69, 9.17) is 0 Å². The van der Waals surface area contributed by atoms with E-state index in [1.807, 2.05) is 0 Å². The van der Waals surface area contributed by atoms with E-state index < -0.39 is 0 Å². The first-order valence-electron chi connectivity index (χ1n) is 7.68. The number of amides is 2. The molecule has 1 heterocycles. The molecule has 0 radical (unpaired) electrons. The predicted molar refractivity (Wildman–Crippen MR) is 87.4 cm³/mol. The first kappa shape index (κ1) is 15.2. The van der Waals surface area contributed by atoms with Crippen molar-refractivity contribution in [3.63, 3.8) is 0 Å². The summed E-state index contributed by atoms with van der Waals surface area (Å²) in [6.07, 6.45) is 7.59. The number of phenols is 1. The van der Waals surface area contributed by atoms with Gasteiger partial charge in [0.2, 0.25) is 0 Å². The molecule has 0 atom stereocenters. The maximum Gasteiger partial charge on any atom is 0.293 e. The van der Waals surface area contributed by atoms with Crippen molar-refractivity contribution < 1.29 is 14.7 Å². The molecule has 1 aliphatic carbocycles. The normalized spacial score (nSPS) is 21.8. The Balaban J connectivity index is 1.71. The Kier molecular flexibility index (Phi) is 4.52. The zero-order valence-electron chi connectivity index (χ0n) is 12.3. The largest absolute Gasteiger partial charge is 0.508 e. The summed E-state index contributed by atoms with van der Waals surface area (Å²) in [6, 6.07) is 6.59. The van der Waals surface area contributed by atoms with Gasteiger partial charge in [0.1, 0.15) is 5.75 Å². The van der Waals surface area contributed by atoms with E-state index in [1.54, 1.807) is 30.3 Å². The molecule has 0 unspecified atom stereocenters. The van der Waals surface area contributed by atoms with Gasteiger partial charge in [0, 0.05) is 6.54 Å². The summed E-state index contributed by atoms with van der Waals surface area (Å²) in [6.45, 7) is 0.553. The molecule has 1 N–H and O–H groups in total. The molecule has 1 aromatic carbocycles. The molecule has 0 aromatic heterocycles. The van der Waals surface area contributed by atoms with Gasteiger partial charge >= 0.3 is 0 Å². The number of rotatable bonds is 3. The highest BCUT2D eigenvalue weighted by Gasteiger charge is 2.36. The third kappa shape index (κ3) is 3.35. The summed E-state index contributed by atoms with van der Waals surface area (Å²) in [7, 11) is 0. The van der Waals surface area contributed by atoms with E-state index in [9.17, 15) is 14.7 Å². The second-order valence-corrected chi connectivity index (χ2v) is 6.88. The van der Waals surface area contributed by atoms with Gasteiger partial charge in [0.25, 0.3) is 11.1 Å². The fraction of sp³-hybridized carbons (Fsp3) is 0.412. The van der Waals surface area contributed by atoms with Gasteiger partial charge in [0.05, 0.1) is 4.91 Å². The average Bonchev–Trinajstić information content (AvgIpc) is 2.78. The quantitative estimate of drug-likeness (QED) is 0.856. The number of carbonyl (C=O) groups excluding carboxylic acids is 2. The summed E-state index contributed by atoms with van der Waals surface area (Å²) in [5.41, 5.74) is 0.806. The van der Waals surface area contributed by atoms with Crippen LogP contribution in [0.2, 0.25) is 0 Å². The van der Waals surface area contributed by atoms with E-state index in [1.165, 1.54) is 24.2 Å². The number of phenolic OH excluding ortho intramolecular Hbond substituents is 1. The Labute approximate surface area is 134 Å². The van der Waals surface area contributed by atoms with Gasteiger partial charge in [-0.15, -0.1) is 0 Å². The maximum atomic E-state index is 12.4. The Morgan fingerprint density at radius 1 is 1.14 bits per heavy atom. The molecular weight excluding hydrogens is 298 g/mol. The van der Waals surface area contributed by atoms with Crippen molar-refractivity contribution in [2.45, 2.75) is 32.1 Å². The fourth-order valence-electron chi connectivity index (χ4n) is 3.01. The first-order chi connectivity index (χ1) is 10.6. The number of imide groups is 1. The Bertz CT molecular complexity index is 603. The lowest BCUT2D eigenvalue weighted by Crippen LogP contribution is -2.34. The lowest BCUT2D eigenvalue weighted by molar-refractivity contribution is -0.123. The fourth-order valence-corrected chi connectivity index (χ4v) is 3.86. The lowest BCUT2D eigenvalue weighted by Gasteiger charge is -2.25. The van der Waals surface area contributed by atoms with Gasteiger partial charge in [-0.2, -0.15) is 0 Å². The van der Waals surface area contributed by atoms with Crippen LogP contribution in [0, 0.1) is 5.92 Å². The van der Waals surface area contributed by atoms with Crippen LogP contribution in [0.5, 0.6) is 5.75 Å². The highest BCUT2D eigenvalue weighted by molar-refractivity contribution is 8.18. The number of thioether (sulfide) groups is 1. The van der Waals surface area contributed by atoms with Gasteiger partial charge in [-0.1, -0.05) is 31.4 Å². The van der Waals surface area contributed by atoms with Crippen molar-refractivity contribution in [2.75, 3.05) is 6.54 Å². The number of hydrogen-bond donors (Lipinski definition) is 1. The van der Waals surface area contributed by atoms with Crippen molar-refractivity contribution in [3.05, 3.63) is 34.7 Å². The molecular formula is C17H19NO3S. The zero-order valence-corrected chi connectivity index (χ0v) is 13.1. The molecule has 22 heavy (non-hydrogen) atoms. The summed E-state index contributed by atoms with van der Waals surface area (Å²) in [5.74, 6) is 0.450. The molecule has 2 amide bonds. The molecule has 2 fully saturated rings. The van der Waals surface area contributed by atoms with E-state index in [2.05, 4.69) is 0 Å². The molecule has 0 spiro atoms. The van der Waals surface area contributed by atoms with Crippen LogP contribution in [-0.2, 0) is 4.79 Å². The van der Waals surface area contributed by atoms with Crippen LogP contribution in [0.25, 0.3) is 6.08 Å². The van der Waals surface area contributed by atoms with Crippen molar-refractivity contribution in [1.29, 1.82) is 0 Å².